The summed E-state index contributed by atoms with van der Waals surface area (Å²) in [5.41, 5.74) is 0.0658. The van der Waals surface area contributed by atoms with Gasteiger partial charge in [0.15, 0.2) is 5.69 Å². The van der Waals surface area contributed by atoms with Crippen molar-refractivity contribution in [2.24, 2.45) is 0 Å². The second-order valence-corrected chi connectivity index (χ2v) is 3.26. The van der Waals surface area contributed by atoms with E-state index in [1.807, 2.05) is 13.8 Å². The number of hydrogen-bond acceptors (Lipinski definition) is 2. The minimum absolute atomic E-state index is 0.0543. The third kappa shape index (κ3) is 1.83. The summed E-state index contributed by atoms with van der Waals surface area (Å²) < 4.78 is 1.44. The van der Waals surface area contributed by atoms with Gasteiger partial charge in [-0.3, -0.25) is 4.68 Å². The molecular weight excluding hydrogens is 192 g/mol. The first-order chi connectivity index (χ1) is 6.07. The van der Waals surface area contributed by atoms with Crippen LogP contribution in [0.15, 0.2) is 6.20 Å². The van der Waals surface area contributed by atoms with Gasteiger partial charge in [0.2, 0.25) is 0 Å². The zero-order valence-electron chi connectivity index (χ0n) is 7.49. The molecule has 4 nitrogen and oxygen atoms in total. The average molecular weight is 203 g/mol. The van der Waals surface area contributed by atoms with Crippen molar-refractivity contribution < 1.29 is 9.90 Å². The average Bonchev–Trinajstić information content (AvgIpc) is 2.45. The number of rotatable bonds is 3. The van der Waals surface area contributed by atoms with Crippen LogP contribution in [0.5, 0.6) is 0 Å². The molecule has 0 unspecified atom stereocenters. The second kappa shape index (κ2) is 3.79. The fraction of sp³-hybridized carbons (Fsp3) is 0.500. The Kier molecular flexibility index (Phi) is 2.93. The molecule has 1 aromatic rings. The monoisotopic (exact) mass is 202 g/mol. The summed E-state index contributed by atoms with van der Waals surface area (Å²) in [7, 11) is 0. The third-order valence-electron chi connectivity index (χ3n) is 1.96. The number of hydrogen-bond donors (Lipinski definition) is 1. The van der Waals surface area contributed by atoms with Crippen molar-refractivity contribution in [2.45, 2.75) is 26.3 Å². The molecule has 1 aromatic heterocycles. The van der Waals surface area contributed by atoms with Gasteiger partial charge in [0.05, 0.1) is 11.2 Å². The van der Waals surface area contributed by atoms with Crippen LogP contribution in [-0.2, 0) is 0 Å². The van der Waals surface area contributed by atoms with Gasteiger partial charge in [-0.05, 0) is 13.3 Å². The molecule has 0 aromatic carbocycles. The summed E-state index contributed by atoms with van der Waals surface area (Å²) in [6.07, 6.45) is 2.18. The number of carboxylic acid groups (broad SMARTS) is 1. The minimum atomic E-state index is -1.04. The Labute approximate surface area is 81.1 Å². The lowest BCUT2D eigenvalue weighted by molar-refractivity contribution is 0.0680. The maximum Gasteiger partial charge on any atom is 0.355 e. The van der Waals surface area contributed by atoms with Crippen molar-refractivity contribution in [3.8, 4) is 0 Å². The molecule has 1 heterocycles. The van der Waals surface area contributed by atoms with Gasteiger partial charge in [-0.1, -0.05) is 18.5 Å². The van der Waals surface area contributed by atoms with Crippen molar-refractivity contribution in [2.75, 3.05) is 0 Å². The zero-order valence-corrected chi connectivity index (χ0v) is 8.25. The van der Waals surface area contributed by atoms with Gasteiger partial charge < -0.3 is 5.11 Å². The molecule has 0 aliphatic heterocycles. The highest BCUT2D eigenvalue weighted by atomic mass is 35.5. The van der Waals surface area contributed by atoms with Crippen LogP contribution in [0.1, 0.15) is 36.8 Å². The summed E-state index contributed by atoms with van der Waals surface area (Å²) in [5.74, 6) is -1.04. The number of aromatic carboxylic acids is 1. The van der Waals surface area contributed by atoms with E-state index >= 15 is 0 Å². The zero-order chi connectivity index (χ0) is 10.0. The molecule has 1 atom stereocenters. The smallest absolute Gasteiger partial charge is 0.355 e. The van der Waals surface area contributed by atoms with E-state index in [4.69, 9.17) is 16.7 Å². The highest BCUT2D eigenvalue weighted by Crippen LogP contribution is 2.20. The molecule has 72 valence electrons. The molecule has 0 bridgehead atoms. The van der Waals surface area contributed by atoms with E-state index in [2.05, 4.69) is 5.10 Å². The topological polar surface area (TPSA) is 55.1 Å². The Bertz CT molecular complexity index is 322. The molecule has 0 spiro atoms. The molecular formula is C8H11ClN2O2. The van der Waals surface area contributed by atoms with Crippen LogP contribution in [-0.4, -0.2) is 20.9 Å². The van der Waals surface area contributed by atoms with Gasteiger partial charge in [-0.15, -0.1) is 0 Å². The normalized spacial score (nSPS) is 12.8. The van der Waals surface area contributed by atoms with E-state index in [1.165, 1.54) is 10.9 Å². The largest absolute Gasteiger partial charge is 0.476 e. The molecule has 0 aliphatic rings. The van der Waals surface area contributed by atoms with Crippen molar-refractivity contribution >= 4 is 17.6 Å². The summed E-state index contributed by atoms with van der Waals surface area (Å²) in [6.45, 7) is 3.86. The fourth-order valence-corrected chi connectivity index (χ4v) is 1.26. The number of carbonyl (C=O) groups is 1. The number of aromatic nitrogens is 2. The van der Waals surface area contributed by atoms with Gasteiger partial charge in [0.1, 0.15) is 0 Å². The standard InChI is InChI=1S/C8H11ClN2O2/c1-3-5(2)11-7(8(12)13)6(9)4-10-11/h4-5H,3H2,1-2H3,(H,12,13)/t5-/m1/s1. The molecule has 1 rings (SSSR count). The van der Waals surface area contributed by atoms with E-state index in [0.717, 1.165) is 6.42 Å². The minimum Gasteiger partial charge on any atom is -0.476 e. The molecule has 0 saturated heterocycles. The lowest BCUT2D eigenvalue weighted by Gasteiger charge is -2.10. The molecule has 1 N–H and O–H groups in total. The first kappa shape index (κ1) is 10.1. The van der Waals surface area contributed by atoms with Crippen LogP contribution in [0.3, 0.4) is 0 Å². The molecule has 0 fully saturated rings. The summed E-state index contributed by atoms with van der Waals surface area (Å²) in [6, 6.07) is 0.0543. The highest BCUT2D eigenvalue weighted by molar-refractivity contribution is 6.33. The predicted molar refractivity (Wildman–Crippen MR) is 49.2 cm³/mol. The van der Waals surface area contributed by atoms with Crippen LogP contribution >= 0.6 is 11.6 Å². The van der Waals surface area contributed by atoms with Crippen LogP contribution in [0.2, 0.25) is 5.02 Å². The van der Waals surface area contributed by atoms with Crippen molar-refractivity contribution in [1.29, 1.82) is 0 Å². The van der Waals surface area contributed by atoms with E-state index in [0.29, 0.717) is 0 Å². The SMILES string of the molecule is CC[C@@H](C)n1ncc(Cl)c1C(=O)O. The van der Waals surface area contributed by atoms with E-state index < -0.39 is 5.97 Å². The van der Waals surface area contributed by atoms with Crippen molar-refractivity contribution in [3.63, 3.8) is 0 Å². The van der Waals surface area contributed by atoms with Gasteiger partial charge >= 0.3 is 5.97 Å². The first-order valence-electron chi connectivity index (χ1n) is 4.04. The van der Waals surface area contributed by atoms with Gasteiger partial charge in [0, 0.05) is 6.04 Å². The fourth-order valence-electron chi connectivity index (χ4n) is 1.05. The molecule has 0 aliphatic carbocycles. The second-order valence-electron chi connectivity index (χ2n) is 2.85. The van der Waals surface area contributed by atoms with Crippen LogP contribution in [0.25, 0.3) is 0 Å². The summed E-state index contributed by atoms with van der Waals surface area (Å²) in [5, 5.41) is 12.9. The summed E-state index contributed by atoms with van der Waals surface area (Å²) >= 11 is 5.68. The van der Waals surface area contributed by atoms with Crippen LogP contribution < -0.4 is 0 Å². The van der Waals surface area contributed by atoms with E-state index in [1.54, 1.807) is 0 Å². The number of carboxylic acids is 1. The molecule has 0 radical (unpaired) electrons. The lowest BCUT2D eigenvalue weighted by Crippen LogP contribution is -2.13. The maximum absolute atomic E-state index is 10.8. The molecule has 5 heteroatoms. The Morgan fingerprint density at radius 3 is 2.92 bits per heavy atom. The maximum atomic E-state index is 10.8. The van der Waals surface area contributed by atoms with Crippen LogP contribution in [0, 0.1) is 0 Å². The predicted octanol–water partition coefficient (Wildman–Crippen LogP) is 2.21. The van der Waals surface area contributed by atoms with E-state index in [-0.39, 0.29) is 16.8 Å². The molecule has 13 heavy (non-hydrogen) atoms. The highest BCUT2D eigenvalue weighted by Gasteiger charge is 2.18. The lowest BCUT2D eigenvalue weighted by atomic mass is 10.2. The number of halogens is 1. The first-order valence-corrected chi connectivity index (χ1v) is 4.42. The van der Waals surface area contributed by atoms with Crippen LogP contribution in [0.4, 0.5) is 0 Å². The van der Waals surface area contributed by atoms with Gasteiger partial charge in [-0.25, -0.2) is 4.79 Å². The number of nitrogens with zero attached hydrogens (tertiary/aromatic N) is 2. The molecule has 0 saturated carbocycles. The Balaban J connectivity index is 3.14. The van der Waals surface area contributed by atoms with Gasteiger partial charge in [0.25, 0.3) is 0 Å². The Morgan fingerprint density at radius 2 is 2.46 bits per heavy atom. The third-order valence-corrected chi connectivity index (χ3v) is 2.24. The van der Waals surface area contributed by atoms with Crippen molar-refractivity contribution in [3.05, 3.63) is 16.9 Å². The van der Waals surface area contributed by atoms with Gasteiger partial charge in [-0.2, -0.15) is 5.10 Å². The van der Waals surface area contributed by atoms with Crippen molar-refractivity contribution in [1.82, 2.24) is 9.78 Å². The quantitative estimate of drug-likeness (QED) is 0.818. The Hall–Kier alpha value is -1.03. The molecule has 0 amide bonds. The summed E-state index contributed by atoms with van der Waals surface area (Å²) in [4.78, 5) is 10.8. The van der Waals surface area contributed by atoms with E-state index in [9.17, 15) is 4.79 Å². The Morgan fingerprint density at radius 1 is 1.85 bits per heavy atom.